The van der Waals surface area contributed by atoms with E-state index in [9.17, 15) is 0 Å². The number of hydrogen-bond donors (Lipinski definition) is 1. The highest BCUT2D eigenvalue weighted by Crippen LogP contribution is 2.35. The maximum absolute atomic E-state index is 3.80. The molecule has 1 rings (SSSR count). The second-order valence-corrected chi connectivity index (χ2v) is 6.30. The molecule has 0 amide bonds. The predicted octanol–water partition coefficient (Wildman–Crippen LogP) is 4.15. The Morgan fingerprint density at radius 2 is 1.94 bits per heavy atom. The Hall–Kier alpha value is -0.300. The summed E-state index contributed by atoms with van der Waals surface area (Å²) in [5, 5.41) is 3.66. The molecule has 2 atom stereocenters. The first-order valence-corrected chi connectivity index (χ1v) is 6.89. The molecule has 1 heteroatoms. The molecule has 0 aromatic carbocycles. The first kappa shape index (κ1) is 13.8. The second kappa shape index (κ2) is 6.44. The third kappa shape index (κ3) is 5.16. The van der Waals surface area contributed by atoms with Crippen molar-refractivity contribution >= 4 is 0 Å². The quantitative estimate of drug-likeness (QED) is 0.527. The first-order valence-electron chi connectivity index (χ1n) is 6.89. The van der Waals surface area contributed by atoms with Crippen molar-refractivity contribution in [1.82, 2.24) is 5.32 Å². The summed E-state index contributed by atoms with van der Waals surface area (Å²) >= 11 is 0. The van der Waals surface area contributed by atoms with Gasteiger partial charge in [0.05, 0.1) is 0 Å². The van der Waals surface area contributed by atoms with Crippen molar-refractivity contribution in [2.24, 2.45) is 11.8 Å². The fourth-order valence-electron chi connectivity index (χ4n) is 2.72. The molecule has 2 unspecified atom stereocenters. The monoisotopic (exact) mass is 223 g/mol. The molecule has 0 spiro atoms. The van der Waals surface area contributed by atoms with Gasteiger partial charge in [-0.1, -0.05) is 18.9 Å². The Morgan fingerprint density at radius 1 is 1.25 bits per heavy atom. The van der Waals surface area contributed by atoms with Gasteiger partial charge in [0, 0.05) is 5.54 Å². The van der Waals surface area contributed by atoms with Gasteiger partial charge in [-0.3, -0.25) is 0 Å². The van der Waals surface area contributed by atoms with Crippen molar-refractivity contribution in [3.05, 3.63) is 12.7 Å². The fraction of sp³-hybridized carbons (Fsp3) is 0.867. The molecule has 1 saturated carbocycles. The third-order valence-corrected chi connectivity index (χ3v) is 3.69. The minimum atomic E-state index is 0.272. The van der Waals surface area contributed by atoms with E-state index in [2.05, 4.69) is 38.7 Å². The Kier molecular flexibility index (Phi) is 5.54. The van der Waals surface area contributed by atoms with Crippen molar-refractivity contribution < 1.29 is 0 Å². The molecule has 1 fully saturated rings. The molecule has 1 aliphatic carbocycles. The number of rotatable bonds is 6. The number of nitrogens with one attached hydrogen (secondary N) is 1. The van der Waals surface area contributed by atoms with E-state index in [0.717, 1.165) is 11.8 Å². The van der Waals surface area contributed by atoms with Gasteiger partial charge in [0.1, 0.15) is 0 Å². The predicted molar refractivity (Wildman–Crippen MR) is 72.6 cm³/mol. The van der Waals surface area contributed by atoms with Crippen LogP contribution in [0.15, 0.2) is 12.7 Å². The maximum Gasteiger partial charge on any atom is 0.00966 e. The van der Waals surface area contributed by atoms with Crippen LogP contribution in [0, 0.1) is 11.8 Å². The molecule has 0 heterocycles. The molecule has 0 saturated heterocycles. The number of unbranched alkanes of at least 4 members (excludes halogenated alkanes) is 1. The molecular formula is C15H29N. The first-order chi connectivity index (χ1) is 7.53. The zero-order chi connectivity index (χ0) is 12.0. The van der Waals surface area contributed by atoms with Gasteiger partial charge in [0.2, 0.25) is 0 Å². The number of allylic oxidation sites excluding steroid dienone is 1. The summed E-state index contributed by atoms with van der Waals surface area (Å²) in [7, 11) is 0. The smallest absolute Gasteiger partial charge is 0.00966 e. The maximum atomic E-state index is 3.80. The number of hydrogen-bond acceptors (Lipinski definition) is 1. The van der Waals surface area contributed by atoms with Gasteiger partial charge in [-0.25, -0.2) is 0 Å². The average Bonchev–Trinajstić information content (AvgIpc) is 2.62. The van der Waals surface area contributed by atoms with E-state index in [4.69, 9.17) is 0 Å². The Balaban J connectivity index is 2.26. The molecule has 0 aliphatic heterocycles. The molecule has 1 N–H and O–H groups in total. The molecule has 0 radical (unpaired) electrons. The van der Waals surface area contributed by atoms with Crippen LogP contribution in [-0.4, -0.2) is 12.1 Å². The topological polar surface area (TPSA) is 12.0 Å². The molecule has 0 bridgehead atoms. The zero-order valence-corrected chi connectivity index (χ0v) is 11.4. The van der Waals surface area contributed by atoms with Gasteiger partial charge in [-0.05, 0) is 64.8 Å². The molecule has 0 aromatic rings. The molecular weight excluding hydrogens is 194 g/mol. The van der Waals surface area contributed by atoms with E-state index >= 15 is 0 Å². The fourth-order valence-corrected chi connectivity index (χ4v) is 2.72. The van der Waals surface area contributed by atoms with Crippen LogP contribution in [0.3, 0.4) is 0 Å². The summed E-state index contributed by atoms with van der Waals surface area (Å²) in [6.07, 6.45) is 10.3. The molecule has 16 heavy (non-hydrogen) atoms. The molecule has 1 aliphatic rings. The molecule has 0 aromatic heterocycles. The summed E-state index contributed by atoms with van der Waals surface area (Å²) in [4.78, 5) is 0. The van der Waals surface area contributed by atoms with E-state index in [1.165, 1.54) is 45.1 Å². The summed E-state index contributed by atoms with van der Waals surface area (Å²) in [6.45, 7) is 11.8. The van der Waals surface area contributed by atoms with Crippen molar-refractivity contribution in [1.29, 1.82) is 0 Å². The van der Waals surface area contributed by atoms with Gasteiger partial charge in [-0.15, -0.1) is 6.58 Å². The lowest BCUT2D eigenvalue weighted by molar-refractivity contribution is 0.303. The van der Waals surface area contributed by atoms with Crippen LogP contribution in [0.4, 0.5) is 0 Å². The lowest BCUT2D eigenvalue weighted by Gasteiger charge is -2.26. The van der Waals surface area contributed by atoms with Crippen molar-refractivity contribution in [3.63, 3.8) is 0 Å². The standard InChI is InChI=1S/C15H29N/c1-5-6-7-9-13-10-8-11-14(13)12-16-15(2,3)4/h5,13-14,16H,1,6-12H2,2-4H3. The Bertz CT molecular complexity index is 202. The largest absolute Gasteiger partial charge is 0.312 e. The van der Waals surface area contributed by atoms with Gasteiger partial charge >= 0.3 is 0 Å². The van der Waals surface area contributed by atoms with E-state index in [1.54, 1.807) is 0 Å². The highest BCUT2D eigenvalue weighted by atomic mass is 14.9. The van der Waals surface area contributed by atoms with E-state index in [-0.39, 0.29) is 5.54 Å². The van der Waals surface area contributed by atoms with Gasteiger partial charge in [0.25, 0.3) is 0 Å². The van der Waals surface area contributed by atoms with Gasteiger partial charge in [-0.2, -0.15) is 0 Å². The molecule has 1 nitrogen and oxygen atoms in total. The van der Waals surface area contributed by atoms with Crippen molar-refractivity contribution in [2.75, 3.05) is 6.54 Å². The lowest BCUT2D eigenvalue weighted by Crippen LogP contribution is -2.39. The van der Waals surface area contributed by atoms with Crippen LogP contribution < -0.4 is 5.32 Å². The summed E-state index contributed by atoms with van der Waals surface area (Å²) in [6, 6.07) is 0. The van der Waals surface area contributed by atoms with Crippen molar-refractivity contribution in [2.45, 2.75) is 64.8 Å². The second-order valence-electron chi connectivity index (χ2n) is 6.30. The van der Waals surface area contributed by atoms with Crippen molar-refractivity contribution in [3.8, 4) is 0 Å². The summed E-state index contributed by atoms with van der Waals surface area (Å²) < 4.78 is 0. The Labute approximate surface area is 102 Å². The minimum Gasteiger partial charge on any atom is -0.312 e. The summed E-state index contributed by atoms with van der Waals surface area (Å²) in [5.74, 6) is 1.89. The third-order valence-electron chi connectivity index (χ3n) is 3.69. The normalized spacial score (nSPS) is 25.9. The van der Waals surface area contributed by atoms with E-state index in [1.807, 2.05) is 0 Å². The highest BCUT2D eigenvalue weighted by molar-refractivity contribution is 4.82. The Morgan fingerprint density at radius 3 is 2.56 bits per heavy atom. The van der Waals surface area contributed by atoms with E-state index in [0.29, 0.717) is 0 Å². The highest BCUT2D eigenvalue weighted by Gasteiger charge is 2.27. The minimum absolute atomic E-state index is 0.272. The van der Waals surface area contributed by atoms with Crippen LogP contribution in [0.5, 0.6) is 0 Å². The van der Waals surface area contributed by atoms with Crippen LogP contribution >= 0.6 is 0 Å². The zero-order valence-electron chi connectivity index (χ0n) is 11.4. The van der Waals surface area contributed by atoms with Crippen LogP contribution in [0.1, 0.15) is 59.3 Å². The van der Waals surface area contributed by atoms with Gasteiger partial charge in [0.15, 0.2) is 0 Å². The SMILES string of the molecule is C=CCCCC1CCCC1CNC(C)(C)C. The van der Waals surface area contributed by atoms with Crippen LogP contribution in [0.2, 0.25) is 0 Å². The van der Waals surface area contributed by atoms with Crippen LogP contribution in [-0.2, 0) is 0 Å². The van der Waals surface area contributed by atoms with Gasteiger partial charge < -0.3 is 5.32 Å². The average molecular weight is 223 g/mol. The van der Waals surface area contributed by atoms with Crippen LogP contribution in [0.25, 0.3) is 0 Å². The lowest BCUT2D eigenvalue weighted by atomic mass is 9.90. The summed E-state index contributed by atoms with van der Waals surface area (Å²) in [5.41, 5.74) is 0.272. The van der Waals surface area contributed by atoms with E-state index < -0.39 is 0 Å². The molecule has 94 valence electrons.